The van der Waals surface area contributed by atoms with Crippen molar-refractivity contribution in [1.82, 2.24) is 4.90 Å². The van der Waals surface area contributed by atoms with Gasteiger partial charge in [0.15, 0.2) is 0 Å². The maximum Gasteiger partial charge on any atom is 0.254 e. The summed E-state index contributed by atoms with van der Waals surface area (Å²) in [5.41, 5.74) is 6.65. The Bertz CT molecular complexity index is 688. The first-order valence-electron chi connectivity index (χ1n) is 7.37. The topological polar surface area (TPSA) is 63.4 Å². The second kappa shape index (κ2) is 7.73. The quantitative estimate of drug-likeness (QED) is 0.862. The third-order valence-corrected chi connectivity index (χ3v) is 4.92. The Morgan fingerprint density at radius 3 is 2.52 bits per heavy atom. The van der Waals surface area contributed by atoms with Gasteiger partial charge in [-0.3, -0.25) is 9.59 Å². The van der Waals surface area contributed by atoms with Gasteiger partial charge in [-0.2, -0.15) is 0 Å². The molecule has 6 heteroatoms. The first kappa shape index (κ1) is 17.7. The van der Waals surface area contributed by atoms with E-state index in [1.54, 1.807) is 35.2 Å². The number of carbonyl (C=O) groups is 2. The van der Waals surface area contributed by atoms with Crippen LogP contribution >= 0.6 is 23.7 Å². The number of thiophene rings is 1. The molecular weight excluding hydrogens is 332 g/mol. The number of carbonyl (C=O) groups excluding carboxylic acids is 2. The number of amides is 1. The van der Waals surface area contributed by atoms with Crippen LogP contribution in [0.2, 0.25) is 0 Å². The summed E-state index contributed by atoms with van der Waals surface area (Å²) >= 11 is 1.39. The van der Waals surface area contributed by atoms with E-state index in [1.807, 2.05) is 11.4 Å². The van der Waals surface area contributed by atoms with Crippen LogP contribution in [0.1, 0.15) is 32.0 Å². The van der Waals surface area contributed by atoms with Crippen LogP contribution in [0.15, 0.2) is 41.8 Å². The lowest BCUT2D eigenvalue weighted by Crippen LogP contribution is -2.31. The highest BCUT2D eigenvalue weighted by atomic mass is 35.5. The van der Waals surface area contributed by atoms with Crippen molar-refractivity contribution in [2.24, 2.45) is 11.7 Å². The molecule has 2 aromatic rings. The van der Waals surface area contributed by atoms with Crippen molar-refractivity contribution in [3.8, 4) is 0 Å². The minimum atomic E-state index is -0.0893. The van der Waals surface area contributed by atoms with Crippen LogP contribution in [0.25, 0.3) is 0 Å². The summed E-state index contributed by atoms with van der Waals surface area (Å²) in [6.45, 7) is 1.98. The van der Waals surface area contributed by atoms with E-state index in [2.05, 4.69) is 0 Å². The number of nitrogens with zero attached hydrogens (tertiary/aromatic N) is 1. The van der Waals surface area contributed by atoms with Gasteiger partial charge in [0.2, 0.25) is 5.78 Å². The number of likely N-dealkylation sites (tertiary alicyclic amines) is 1. The van der Waals surface area contributed by atoms with Gasteiger partial charge in [-0.05, 0) is 36.4 Å². The highest BCUT2D eigenvalue weighted by Gasteiger charge is 2.28. The number of rotatable bonds is 4. The molecule has 3 rings (SSSR count). The van der Waals surface area contributed by atoms with Crippen LogP contribution in [0.5, 0.6) is 0 Å². The Labute approximate surface area is 145 Å². The van der Waals surface area contributed by atoms with E-state index in [9.17, 15) is 9.59 Å². The molecule has 1 atom stereocenters. The fourth-order valence-corrected chi connectivity index (χ4v) is 3.47. The van der Waals surface area contributed by atoms with Gasteiger partial charge >= 0.3 is 0 Å². The van der Waals surface area contributed by atoms with Crippen molar-refractivity contribution in [3.63, 3.8) is 0 Å². The average molecular weight is 351 g/mol. The zero-order chi connectivity index (χ0) is 15.5. The summed E-state index contributed by atoms with van der Waals surface area (Å²) in [7, 11) is 0. The SMILES string of the molecule is Cl.NCC1CCN(C(=O)c2ccccc2C(=O)c2cccs2)C1. The molecule has 1 unspecified atom stereocenters. The van der Waals surface area contributed by atoms with E-state index >= 15 is 0 Å². The first-order valence-corrected chi connectivity index (χ1v) is 8.25. The summed E-state index contributed by atoms with van der Waals surface area (Å²) in [5, 5.41) is 1.87. The predicted octanol–water partition coefficient (Wildman–Crippen LogP) is 2.82. The van der Waals surface area contributed by atoms with Crippen molar-refractivity contribution < 1.29 is 9.59 Å². The van der Waals surface area contributed by atoms with Gasteiger partial charge in [-0.15, -0.1) is 23.7 Å². The Morgan fingerprint density at radius 2 is 1.91 bits per heavy atom. The van der Waals surface area contributed by atoms with Crippen LogP contribution in [0.3, 0.4) is 0 Å². The Kier molecular flexibility index (Phi) is 5.93. The summed E-state index contributed by atoms with van der Waals surface area (Å²) in [6.07, 6.45) is 0.934. The van der Waals surface area contributed by atoms with Gasteiger partial charge in [0, 0.05) is 18.7 Å². The molecule has 0 aliphatic carbocycles. The predicted molar refractivity (Wildman–Crippen MR) is 94.5 cm³/mol. The number of nitrogens with two attached hydrogens (primary N) is 1. The summed E-state index contributed by atoms with van der Waals surface area (Å²) in [4.78, 5) is 27.8. The number of hydrogen-bond donors (Lipinski definition) is 1. The van der Waals surface area contributed by atoms with Gasteiger partial charge in [0.25, 0.3) is 5.91 Å². The van der Waals surface area contributed by atoms with Crippen molar-refractivity contribution >= 4 is 35.4 Å². The molecule has 1 amide bonds. The largest absolute Gasteiger partial charge is 0.338 e. The number of ketones is 1. The lowest BCUT2D eigenvalue weighted by atomic mass is 10.0. The minimum Gasteiger partial charge on any atom is -0.338 e. The molecule has 23 heavy (non-hydrogen) atoms. The van der Waals surface area contributed by atoms with Crippen LogP contribution in [-0.4, -0.2) is 36.2 Å². The molecule has 1 fully saturated rings. The van der Waals surface area contributed by atoms with E-state index in [0.29, 0.717) is 41.6 Å². The maximum atomic E-state index is 12.7. The van der Waals surface area contributed by atoms with Gasteiger partial charge in [0.05, 0.1) is 10.4 Å². The molecule has 2 heterocycles. The molecule has 0 bridgehead atoms. The monoisotopic (exact) mass is 350 g/mol. The van der Waals surface area contributed by atoms with E-state index < -0.39 is 0 Å². The number of hydrogen-bond acceptors (Lipinski definition) is 4. The van der Waals surface area contributed by atoms with Gasteiger partial charge in [-0.25, -0.2) is 0 Å². The van der Waals surface area contributed by atoms with E-state index in [-0.39, 0.29) is 24.1 Å². The second-order valence-corrected chi connectivity index (χ2v) is 6.44. The molecule has 2 N–H and O–H groups in total. The lowest BCUT2D eigenvalue weighted by Gasteiger charge is -2.18. The van der Waals surface area contributed by atoms with E-state index in [4.69, 9.17) is 5.73 Å². The molecule has 0 radical (unpaired) electrons. The lowest BCUT2D eigenvalue weighted by molar-refractivity contribution is 0.0783. The van der Waals surface area contributed by atoms with E-state index in [1.165, 1.54) is 11.3 Å². The Hall–Kier alpha value is -1.69. The molecule has 1 aliphatic heterocycles. The standard InChI is InChI=1S/C17H18N2O2S.ClH/c18-10-12-7-8-19(11-12)17(21)14-5-2-1-4-13(14)16(20)15-6-3-9-22-15;/h1-6,9,12H,7-8,10-11,18H2;1H. The zero-order valence-corrected chi connectivity index (χ0v) is 14.2. The van der Waals surface area contributed by atoms with Gasteiger partial charge in [-0.1, -0.05) is 24.3 Å². The van der Waals surface area contributed by atoms with Crippen LogP contribution < -0.4 is 5.73 Å². The van der Waals surface area contributed by atoms with Crippen LogP contribution in [0, 0.1) is 5.92 Å². The normalized spacial score (nSPS) is 16.9. The zero-order valence-electron chi connectivity index (χ0n) is 12.6. The molecule has 1 aliphatic rings. The Morgan fingerprint density at radius 1 is 1.17 bits per heavy atom. The van der Waals surface area contributed by atoms with E-state index in [0.717, 1.165) is 6.42 Å². The smallest absolute Gasteiger partial charge is 0.254 e. The molecular formula is C17H19ClN2O2S. The molecule has 1 saturated heterocycles. The van der Waals surface area contributed by atoms with Gasteiger partial charge in [0.1, 0.15) is 0 Å². The van der Waals surface area contributed by atoms with Crippen LogP contribution in [-0.2, 0) is 0 Å². The van der Waals surface area contributed by atoms with Crippen molar-refractivity contribution in [2.45, 2.75) is 6.42 Å². The minimum absolute atomic E-state index is 0. The Balaban J connectivity index is 0.00000192. The third kappa shape index (κ3) is 3.63. The van der Waals surface area contributed by atoms with Crippen molar-refractivity contribution in [3.05, 3.63) is 57.8 Å². The maximum absolute atomic E-state index is 12.7. The summed E-state index contributed by atoms with van der Waals surface area (Å²) in [5.74, 6) is 0.203. The highest BCUT2D eigenvalue weighted by Crippen LogP contribution is 2.22. The molecule has 0 saturated carbocycles. The fourth-order valence-electron chi connectivity index (χ4n) is 2.79. The van der Waals surface area contributed by atoms with Gasteiger partial charge < -0.3 is 10.6 Å². The average Bonchev–Trinajstić information content (AvgIpc) is 3.24. The third-order valence-electron chi connectivity index (χ3n) is 4.05. The summed E-state index contributed by atoms with van der Waals surface area (Å²) in [6, 6.07) is 10.7. The van der Waals surface area contributed by atoms with Crippen LogP contribution in [0.4, 0.5) is 0 Å². The van der Waals surface area contributed by atoms with Crippen molar-refractivity contribution in [1.29, 1.82) is 0 Å². The molecule has 0 spiro atoms. The number of halogens is 1. The fraction of sp³-hybridized carbons (Fsp3) is 0.294. The summed E-state index contributed by atoms with van der Waals surface area (Å²) < 4.78 is 0. The highest BCUT2D eigenvalue weighted by molar-refractivity contribution is 7.12. The number of benzene rings is 1. The van der Waals surface area contributed by atoms with Crippen molar-refractivity contribution in [2.75, 3.05) is 19.6 Å². The molecule has 1 aromatic heterocycles. The first-order chi connectivity index (χ1) is 10.7. The molecule has 4 nitrogen and oxygen atoms in total. The molecule has 122 valence electrons. The second-order valence-electron chi connectivity index (χ2n) is 5.49. The molecule has 1 aromatic carbocycles.